The lowest BCUT2D eigenvalue weighted by Crippen LogP contribution is -2.30. The molecule has 19 heavy (non-hydrogen) atoms. The van der Waals surface area contributed by atoms with Gasteiger partial charge in [0.1, 0.15) is 5.75 Å². The number of hydrogen-bond donors (Lipinski definition) is 2. The van der Waals surface area contributed by atoms with Gasteiger partial charge in [-0.3, -0.25) is 11.3 Å². The molecule has 0 aliphatic heterocycles. The third kappa shape index (κ3) is 3.34. The van der Waals surface area contributed by atoms with Crippen molar-refractivity contribution in [3.63, 3.8) is 0 Å². The van der Waals surface area contributed by atoms with Gasteiger partial charge in [0.2, 0.25) is 0 Å². The van der Waals surface area contributed by atoms with E-state index in [9.17, 15) is 0 Å². The summed E-state index contributed by atoms with van der Waals surface area (Å²) in [7, 11) is 3.60. The van der Waals surface area contributed by atoms with Crippen LogP contribution in [0.15, 0.2) is 35.2 Å². The van der Waals surface area contributed by atoms with Crippen molar-refractivity contribution in [2.45, 2.75) is 12.5 Å². The van der Waals surface area contributed by atoms with Gasteiger partial charge in [-0.15, -0.1) is 0 Å². The molecule has 102 valence electrons. The minimum Gasteiger partial charge on any atom is -0.496 e. The average molecular weight is 325 g/mol. The summed E-state index contributed by atoms with van der Waals surface area (Å²) in [5, 5.41) is 0. The molecule has 0 radical (unpaired) electrons. The summed E-state index contributed by atoms with van der Waals surface area (Å²) in [6, 6.07) is 5.87. The van der Waals surface area contributed by atoms with Crippen molar-refractivity contribution in [1.29, 1.82) is 0 Å². The molecule has 0 aliphatic carbocycles. The summed E-state index contributed by atoms with van der Waals surface area (Å²) < 4.78 is 8.29. The van der Waals surface area contributed by atoms with E-state index in [1.54, 1.807) is 13.4 Å². The lowest BCUT2D eigenvalue weighted by Gasteiger charge is -2.16. The van der Waals surface area contributed by atoms with Gasteiger partial charge in [-0.25, -0.2) is 4.98 Å². The van der Waals surface area contributed by atoms with Crippen LogP contribution in [0.3, 0.4) is 0 Å². The Balaban J connectivity index is 2.25. The first-order valence-corrected chi connectivity index (χ1v) is 6.69. The van der Waals surface area contributed by atoms with Crippen molar-refractivity contribution in [1.82, 2.24) is 15.0 Å². The van der Waals surface area contributed by atoms with Crippen LogP contribution in [0.25, 0.3) is 0 Å². The third-order valence-electron chi connectivity index (χ3n) is 2.95. The van der Waals surface area contributed by atoms with Gasteiger partial charge in [-0.2, -0.15) is 0 Å². The van der Waals surface area contributed by atoms with Crippen molar-refractivity contribution in [2.24, 2.45) is 12.9 Å². The molecule has 0 amide bonds. The second-order valence-electron chi connectivity index (χ2n) is 4.34. The molecule has 3 N–H and O–H groups in total. The van der Waals surface area contributed by atoms with E-state index < -0.39 is 0 Å². The number of nitrogens with zero attached hydrogens (tertiary/aromatic N) is 2. The fraction of sp³-hybridized carbons (Fsp3) is 0.308. The highest BCUT2D eigenvalue weighted by atomic mass is 79.9. The van der Waals surface area contributed by atoms with Crippen LogP contribution in [0.5, 0.6) is 5.75 Å². The van der Waals surface area contributed by atoms with Gasteiger partial charge < -0.3 is 9.30 Å². The Labute approximate surface area is 120 Å². The van der Waals surface area contributed by atoms with Gasteiger partial charge in [-0.1, -0.05) is 15.9 Å². The molecule has 6 heteroatoms. The number of benzene rings is 1. The first kappa shape index (κ1) is 14.0. The number of aromatic nitrogens is 2. The van der Waals surface area contributed by atoms with Crippen LogP contribution in [0, 0.1) is 0 Å². The monoisotopic (exact) mass is 324 g/mol. The van der Waals surface area contributed by atoms with Crippen molar-refractivity contribution < 1.29 is 4.74 Å². The summed E-state index contributed by atoms with van der Waals surface area (Å²) in [6.07, 6.45) is 4.42. The molecule has 1 aromatic carbocycles. The molecule has 5 nitrogen and oxygen atoms in total. The van der Waals surface area contributed by atoms with Gasteiger partial charge in [0.25, 0.3) is 0 Å². The second-order valence-corrected chi connectivity index (χ2v) is 5.26. The lowest BCUT2D eigenvalue weighted by atomic mass is 10.0. The molecule has 2 rings (SSSR count). The number of hydrogen-bond acceptors (Lipinski definition) is 4. The molecule has 1 unspecified atom stereocenters. The zero-order valence-corrected chi connectivity index (χ0v) is 12.5. The summed E-state index contributed by atoms with van der Waals surface area (Å²) in [4.78, 5) is 4.33. The minimum atomic E-state index is -0.0515. The molecular weight excluding hydrogens is 308 g/mol. The average Bonchev–Trinajstić information content (AvgIpc) is 2.82. The molecule has 1 heterocycles. The van der Waals surface area contributed by atoms with Crippen LogP contribution in [0.1, 0.15) is 17.3 Å². The van der Waals surface area contributed by atoms with Crippen molar-refractivity contribution in [3.8, 4) is 5.75 Å². The molecule has 2 aromatic rings. The van der Waals surface area contributed by atoms with Crippen LogP contribution < -0.4 is 16.0 Å². The van der Waals surface area contributed by atoms with Gasteiger partial charge in [0.05, 0.1) is 25.2 Å². The standard InChI is InChI=1S/C13H17BrN4O/c1-18-7-12(16-8-18)11(17-15)6-9-5-10(14)3-4-13(9)19-2/h3-5,7-8,11,17H,6,15H2,1-2H3. The van der Waals surface area contributed by atoms with E-state index in [1.165, 1.54) is 0 Å². The highest BCUT2D eigenvalue weighted by molar-refractivity contribution is 9.10. The number of ether oxygens (including phenoxy) is 1. The second kappa shape index (κ2) is 6.18. The number of methoxy groups -OCH3 is 1. The lowest BCUT2D eigenvalue weighted by molar-refractivity contribution is 0.405. The Bertz CT molecular complexity index is 555. The van der Waals surface area contributed by atoms with Gasteiger partial charge in [0.15, 0.2) is 0 Å². The maximum atomic E-state index is 5.64. The van der Waals surface area contributed by atoms with Crippen LogP contribution in [0.4, 0.5) is 0 Å². The number of hydrazine groups is 1. The first-order chi connectivity index (χ1) is 9.13. The number of nitrogens with two attached hydrogens (primary N) is 1. The van der Waals surface area contributed by atoms with E-state index in [0.717, 1.165) is 21.5 Å². The van der Waals surface area contributed by atoms with Crippen LogP contribution >= 0.6 is 15.9 Å². The van der Waals surface area contributed by atoms with Crippen molar-refractivity contribution in [2.75, 3.05) is 7.11 Å². The molecule has 0 fully saturated rings. The Hall–Kier alpha value is -1.37. The van der Waals surface area contributed by atoms with Crippen LogP contribution in [0.2, 0.25) is 0 Å². The Morgan fingerprint density at radius 1 is 1.53 bits per heavy atom. The number of halogens is 1. The van der Waals surface area contributed by atoms with E-state index >= 15 is 0 Å². The predicted octanol–water partition coefficient (Wildman–Crippen LogP) is 1.94. The Morgan fingerprint density at radius 2 is 2.32 bits per heavy atom. The largest absolute Gasteiger partial charge is 0.496 e. The summed E-state index contributed by atoms with van der Waals surface area (Å²) in [5.74, 6) is 6.49. The molecule has 1 atom stereocenters. The zero-order chi connectivity index (χ0) is 13.8. The summed E-state index contributed by atoms with van der Waals surface area (Å²) in [5.41, 5.74) is 4.79. The third-order valence-corrected chi connectivity index (χ3v) is 3.44. The molecular formula is C13H17BrN4O. The maximum absolute atomic E-state index is 5.64. The molecule has 0 saturated heterocycles. The highest BCUT2D eigenvalue weighted by Gasteiger charge is 2.16. The number of aryl methyl sites for hydroxylation is 1. The number of rotatable bonds is 5. The summed E-state index contributed by atoms with van der Waals surface area (Å²) >= 11 is 3.47. The molecule has 1 aromatic heterocycles. The Kier molecular flexibility index (Phi) is 4.57. The SMILES string of the molecule is COc1ccc(Br)cc1CC(NN)c1cn(C)cn1. The quantitative estimate of drug-likeness (QED) is 0.651. The number of nitrogens with one attached hydrogen (secondary N) is 1. The smallest absolute Gasteiger partial charge is 0.122 e. The topological polar surface area (TPSA) is 65.1 Å². The van der Waals surface area contributed by atoms with Crippen LogP contribution in [-0.4, -0.2) is 16.7 Å². The fourth-order valence-electron chi connectivity index (χ4n) is 1.99. The summed E-state index contributed by atoms with van der Waals surface area (Å²) in [6.45, 7) is 0. The fourth-order valence-corrected chi connectivity index (χ4v) is 2.40. The van der Waals surface area contributed by atoms with Gasteiger partial charge in [-0.05, 0) is 30.2 Å². The van der Waals surface area contributed by atoms with E-state index in [1.807, 2.05) is 36.0 Å². The zero-order valence-electron chi connectivity index (χ0n) is 10.9. The Morgan fingerprint density at radius 3 is 2.89 bits per heavy atom. The van der Waals surface area contributed by atoms with E-state index in [-0.39, 0.29) is 6.04 Å². The normalized spacial score (nSPS) is 12.4. The first-order valence-electron chi connectivity index (χ1n) is 5.90. The van der Waals surface area contributed by atoms with Gasteiger partial charge in [0, 0.05) is 17.7 Å². The van der Waals surface area contributed by atoms with E-state index in [0.29, 0.717) is 6.42 Å². The maximum Gasteiger partial charge on any atom is 0.122 e. The van der Waals surface area contributed by atoms with E-state index in [4.69, 9.17) is 10.6 Å². The molecule has 0 aliphatic rings. The number of imidazole rings is 1. The predicted molar refractivity (Wildman–Crippen MR) is 77.7 cm³/mol. The highest BCUT2D eigenvalue weighted by Crippen LogP contribution is 2.27. The molecule has 0 saturated carbocycles. The van der Waals surface area contributed by atoms with Crippen molar-refractivity contribution in [3.05, 3.63) is 46.5 Å². The molecule has 0 bridgehead atoms. The minimum absolute atomic E-state index is 0.0515. The van der Waals surface area contributed by atoms with Crippen LogP contribution in [-0.2, 0) is 13.5 Å². The van der Waals surface area contributed by atoms with Crippen molar-refractivity contribution >= 4 is 15.9 Å². The van der Waals surface area contributed by atoms with E-state index in [2.05, 4.69) is 26.3 Å². The molecule has 0 spiro atoms. The van der Waals surface area contributed by atoms with Gasteiger partial charge >= 0.3 is 0 Å².